The monoisotopic (exact) mass is 504 g/mol. The highest BCUT2D eigenvalue weighted by Crippen LogP contribution is 2.40. The molecular weight excluding hydrogens is 471 g/mol. The molecule has 2 heterocycles. The predicted molar refractivity (Wildman–Crippen MR) is 146 cm³/mol. The van der Waals surface area contributed by atoms with Crippen LogP contribution in [0.2, 0.25) is 0 Å². The number of aromatic nitrogens is 4. The molecule has 2 aromatic carbocycles. The second kappa shape index (κ2) is 9.85. The van der Waals surface area contributed by atoms with Gasteiger partial charge in [0.15, 0.2) is 5.82 Å². The van der Waals surface area contributed by atoms with Crippen LogP contribution in [0.3, 0.4) is 0 Å². The molecule has 3 N–H and O–H groups in total. The van der Waals surface area contributed by atoms with Gasteiger partial charge in [0.25, 0.3) is 0 Å². The van der Waals surface area contributed by atoms with Gasteiger partial charge in [-0.05, 0) is 58.1 Å². The number of nitrogen functional groups attached to an aromatic ring is 1. The van der Waals surface area contributed by atoms with E-state index in [0.717, 1.165) is 43.0 Å². The van der Waals surface area contributed by atoms with Crippen molar-refractivity contribution in [3.8, 4) is 17.0 Å². The van der Waals surface area contributed by atoms with Gasteiger partial charge in [-0.25, -0.2) is 19.3 Å². The van der Waals surface area contributed by atoms with Crippen LogP contribution in [0.15, 0.2) is 36.5 Å². The van der Waals surface area contributed by atoms with Gasteiger partial charge in [0.1, 0.15) is 17.1 Å². The Morgan fingerprint density at radius 3 is 2.62 bits per heavy atom. The average molecular weight is 505 g/mol. The molecule has 194 valence electrons. The van der Waals surface area contributed by atoms with Gasteiger partial charge >= 0.3 is 0 Å². The summed E-state index contributed by atoms with van der Waals surface area (Å²) >= 11 is 0. The van der Waals surface area contributed by atoms with Crippen LogP contribution < -0.4 is 20.7 Å². The van der Waals surface area contributed by atoms with Gasteiger partial charge < -0.3 is 30.2 Å². The summed E-state index contributed by atoms with van der Waals surface area (Å²) in [6.45, 7) is 3.64. The van der Waals surface area contributed by atoms with Gasteiger partial charge in [-0.15, -0.1) is 0 Å². The molecule has 0 saturated heterocycles. The van der Waals surface area contributed by atoms with E-state index < -0.39 is 0 Å². The molecule has 37 heavy (non-hydrogen) atoms. The van der Waals surface area contributed by atoms with Crippen LogP contribution in [-0.4, -0.2) is 65.8 Å². The summed E-state index contributed by atoms with van der Waals surface area (Å²) in [5.74, 6) is 1.45. The number of fused-ring (bicyclic) bond motifs is 1. The first kappa shape index (κ1) is 24.8. The number of imidazole rings is 1. The van der Waals surface area contributed by atoms with E-state index in [4.69, 9.17) is 10.5 Å². The van der Waals surface area contributed by atoms with Crippen LogP contribution in [0.4, 0.5) is 27.4 Å². The molecule has 1 aliphatic rings. The van der Waals surface area contributed by atoms with Crippen molar-refractivity contribution in [2.45, 2.75) is 25.8 Å². The highest BCUT2D eigenvalue weighted by atomic mass is 19.1. The van der Waals surface area contributed by atoms with Gasteiger partial charge in [-0.2, -0.15) is 0 Å². The number of hydrogen-bond acceptors (Lipinski definition) is 8. The van der Waals surface area contributed by atoms with Gasteiger partial charge in [0.2, 0.25) is 5.95 Å². The third-order valence-corrected chi connectivity index (χ3v) is 6.68. The molecule has 0 bridgehead atoms. The van der Waals surface area contributed by atoms with Crippen molar-refractivity contribution in [2.24, 2.45) is 0 Å². The Labute approximate surface area is 216 Å². The fraction of sp³-hybridized carbons (Fsp3) is 0.370. The second-order valence-corrected chi connectivity index (χ2v) is 9.81. The van der Waals surface area contributed by atoms with Gasteiger partial charge in [0, 0.05) is 44.0 Å². The number of aryl methyl sites for hydroxylation is 1. The van der Waals surface area contributed by atoms with E-state index in [1.165, 1.54) is 6.07 Å². The van der Waals surface area contributed by atoms with Crippen LogP contribution in [0.25, 0.3) is 22.3 Å². The highest BCUT2D eigenvalue weighted by Gasteiger charge is 2.28. The third kappa shape index (κ3) is 5.01. The molecule has 9 nitrogen and oxygen atoms in total. The molecule has 10 heteroatoms. The first-order valence-corrected chi connectivity index (χ1v) is 12.4. The zero-order valence-corrected chi connectivity index (χ0v) is 21.9. The minimum Gasteiger partial charge on any atom is -0.494 e. The van der Waals surface area contributed by atoms with Crippen molar-refractivity contribution < 1.29 is 9.13 Å². The van der Waals surface area contributed by atoms with Crippen molar-refractivity contribution in [3.05, 3.63) is 48.2 Å². The van der Waals surface area contributed by atoms with E-state index in [-0.39, 0.29) is 5.82 Å². The lowest BCUT2D eigenvalue weighted by molar-refractivity contribution is 0.413. The van der Waals surface area contributed by atoms with E-state index in [9.17, 15) is 0 Å². The van der Waals surface area contributed by atoms with Gasteiger partial charge in [-0.1, -0.05) is 0 Å². The lowest BCUT2D eigenvalue weighted by Crippen LogP contribution is -2.29. The van der Waals surface area contributed by atoms with Crippen LogP contribution >= 0.6 is 0 Å². The Bertz CT molecular complexity index is 1450. The number of rotatable bonds is 9. The molecule has 0 unspecified atom stereocenters. The topological polar surface area (TPSA) is 97.4 Å². The largest absolute Gasteiger partial charge is 0.494 e. The maximum absolute atomic E-state index is 15.0. The maximum Gasteiger partial charge on any atom is 0.227 e. The fourth-order valence-corrected chi connectivity index (χ4v) is 4.56. The van der Waals surface area contributed by atoms with E-state index in [2.05, 4.69) is 34.6 Å². The molecule has 5 rings (SSSR count). The Hall–Kier alpha value is -3.92. The average Bonchev–Trinajstić information content (AvgIpc) is 3.64. The standard InChI is InChI=1S/C27H33FN8O/c1-16-31-26-19(28)12-17(13-24(26)36(16)18-6-7-18)21-8-9-30-27(32-21)33-22-14-20(29)23(15-25(22)37-5)35(4)11-10-34(2)3/h8-9,12-15,18H,6-7,10-11,29H2,1-5H3,(H,30,32,33). The number of nitrogens with zero attached hydrogens (tertiary/aromatic N) is 6. The molecule has 1 saturated carbocycles. The normalized spacial score (nSPS) is 13.4. The molecule has 0 spiro atoms. The SMILES string of the molecule is COc1cc(N(C)CCN(C)C)c(N)cc1Nc1nccc(-c2cc(F)c3nc(C)n(C4CC4)c3c2)n1. The number of ether oxygens (including phenoxy) is 1. The van der Waals surface area contributed by atoms with Crippen LogP contribution in [-0.2, 0) is 0 Å². The first-order valence-electron chi connectivity index (χ1n) is 12.4. The smallest absolute Gasteiger partial charge is 0.227 e. The quantitative estimate of drug-likeness (QED) is 0.319. The number of likely N-dealkylation sites (N-methyl/N-ethyl adjacent to an activating group) is 2. The predicted octanol–water partition coefficient (Wildman–Crippen LogP) is 4.61. The molecule has 0 amide bonds. The van der Waals surface area contributed by atoms with Crippen LogP contribution in [0.5, 0.6) is 5.75 Å². The van der Waals surface area contributed by atoms with E-state index in [0.29, 0.717) is 45.9 Å². The lowest BCUT2D eigenvalue weighted by Gasteiger charge is -2.24. The van der Waals surface area contributed by atoms with Crippen molar-refractivity contribution in [1.82, 2.24) is 24.4 Å². The van der Waals surface area contributed by atoms with Crippen molar-refractivity contribution in [2.75, 3.05) is 57.3 Å². The zero-order chi connectivity index (χ0) is 26.3. The van der Waals surface area contributed by atoms with E-state index in [1.54, 1.807) is 19.4 Å². The summed E-state index contributed by atoms with van der Waals surface area (Å²) in [5.41, 5.74) is 11.0. The summed E-state index contributed by atoms with van der Waals surface area (Å²) in [6.07, 6.45) is 3.83. The van der Waals surface area contributed by atoms with Crippen molar-refractivity contribution >= 4 is 34.0 Å². The Morgan fingerprint density at radius 2 is 1.92 bits per heavy atom. The molecular formula is C27H33FN8O. The van der Waals surface area contributed by atoms with E-state index >= 15 is 4.39 Å². The molecule has 0 radical (unpaired) electrons. The molecule has 0 aliphatic heterocycles. The number of nitrogens with one attached hydrogen (secondary N) is 1. The lowest BCUT2D eigenvalue weighted by atomic mass is 10.1. The number of anilines is 4. The van der Waals surface area contributed by atoms with Crippen LogP contribution in [0, 0.1) is 12.7 Å². The van der Waals surface area contributed by atoms with Gasteiger partial charge in [0.05, 0.1) is 35.4 Å². The molecule has 1 fully saturated rings. The maximum atomic E-state index is 15.0. The minimum atomic E-state index is -0.355. The summed E-state index contributed by atoms with van der Waals surface area (Å²) < 4.78 is 22.8. The number of halogens is 1. The minimum absolute atomic E-state index is 0.355. The van der Waals surface area contributed by atoms with Crippen molar-refractivity contribution in [3.63, 3.8) is 0 Å². The first-order chi connectivity index (χ1) is 17.7. The molecule has 0 atom stereocenters. The van der Waals surface area contributed by atoms with Gasteiger partial charge in [-0.3, -0.25) is 0 Å². The second-order valence-electron chi connectivity index (χ2n) is 9.81. The zero-order valence-electron chi connectivity index (χ0n) is 21.9. The molecule has 4 aromatic rings. The highest BCUT2D eigenvalue weighted by molar-refractivity contribution is 5.83. The Morgan fingerprint density at radius 1 is 1.14 bits per heavy atom. The van der Waals surface area contributed by atoms with E-state index in [1.807, 2.05) is 46.3 Å². The molecule has 2 aromatic heterocycles. The number of hydrogen-bond donors (Lipinski definition) is 2. The summed E-state index contributed by atoms with van der Waals surface area (Å²) in [5, 5.41) is 3.22. The Balaban J connectivity index is 1.45. The number of methoxy groups -OCH3 is 1. The summed E-state index contributed by atoms with van der Waals surface area (Å²) in [4.78, 5) is 17.7. The van der Waals surface area contributed by atoms with Crippen molar-refractivity contribution in [1.29, 1.82) is 0 Å². The summed E-state index contributed by atoms with van der Waals surface area (Å²) in [7, 11) is 7.68. The molecule has 1 aliphatic carbocycles. The number of nitrogens with two attached hydrogens (primary N) is 1. The Kier molecular flexibility index (Phi) is 6.59. The fourth-order valence-electron chi connectivity index (χ4n) is 4.56. The summed E-state index contributed by atoms with van der Waals surface area (Å²) in [6, 6.07) is 9.32. The third-order valence-electron chi connectivity index (χ3n) is 6.68. The number of benzene rings is 2. The van der Waals surface area contributed by atoms with Crippen LogP contribution in [0.1, 0.15) is 24.7 Å².